The minimum Gasteiger partial charge on any atom is -0.369 e. The molecule has 1 aromatic heterocycles. The van der Waals surface area contributed by atoms with Gasteiger partial charge in [0.1, 0.15) is 21.5 Å². The monoisotopic (exact) mass is 258 g/mol. The molecule has 0 amide bonds. The highest BCUT2D eigenvalue weighted by atomic mass is 32.2. The van der Waals surface area contributed by atoms with Crippen LogP contribution in [0.3, 0.4) is 0 Å². The van der Waals surface area contributed by atoms with Crippen molar-refractivity contribution in [3.63, 3.8) is 0 Å². The van der Waals surface area contributed by atoms with E-state index in [0.717, 1.165) is 6.54 Å². The molecule has 6 nitrogen and oxygen atoms in total. The topological polar surface area (TPSA) is 84.0 Å². The molecule has 17 heavy (non-hydrogen) atoms. The van der Waals surface area contributed by atoms with E-state index in [2.05, 4.69) is 20.6 Å². The first-order valence-corrected chi connectivity index (χ1v) is 7.47. The zero-order valence-corrected chi connectivity index (χ0v) is 11.1. The van der Waals surface area contributed by atoms with Crippen molar-refractivity contribution in [3.05, 3.63) is 12.4 Å². The molecule has 2 N–H and O–H groups in total. The van der Waals surface area contributed by atoms with Gasteiger partial charge in [0.25, 0.3) is 0 Å². The molecule has 1 heterocycles. The number of aromatic nitrogens is 2. The summed E-state index contributed by atoms with van der Waals surface area (Å²) in [5.41, 5.74) is 0. The summed E-state index contributed by atoms with van der Waals surface area (Å²) in [6.45, 7) is 4.52. The molecular weight excluding hydrogens is 240 g/mol. The van der Waals surface area contributed by atoms with Crippen molar-refractivity contribution in [3.8, 4) is 0 Å². The van der Waals surface area contributed by atoms with Crippen molar-refractivity contribution in [2.45, 2.75) is 19.9 Å². The SMILES string of the molecule is CCNc1cncc(NC(C)CS(C)(=O)=O)n1. The van der Waals surface area contributed by atoms with Gasteiger partial charge in [0.15, 0.2) is 0 Å². The molecule has 0 spiro atoms. The summed E-state index contributed by atoms with van der Waals surface area (Å²) >= 11 is 0. The highest BCUT2D eigenvalue weighted by molar-refractivity contribution is 7.90. The third-order valence-electron chi connectivity index (χ3n) is 1.94. The van der Waals surface area contributed by atoms with Gasteiger partial charge in [0.05, 0.1) is 18.1 Å². The Hall–Kier alpha value is -1.37. The van der Waals surface area contributed by atoms with Crippen LogP contribution in [0.15, 0.2) is 12.4 Å². The Labute approximate surface area is 102 Å². The average molecular weight is 258 g/mol. The second-order valence-electron chi connectivity index (χ2n) is 3.96. The lowest BCUT2D eigenvalue weighted by atomic mass is 10.4. The number of nitrogens with zero attached hydrogens (tertiary/aromatic N) is 2. The Balaban J connectivity index is 2.65. The van der Waals surface area contributed by atoms with Gasteiger partial charge in [0.2, 0.25) is 0 Å². The van der Waals surface area contributed by atoms with E-state index in [1.165, 1.54) is 6.26 Å². The van der Waals surface area contributed by atoms with E-state index in [0.29, 0.717) is 11.6 Å². The lowest BCUT2D eigenvalue weighted by Gasteiger charge is -2.13. The molecule has 0 aliphatic carbocycles. The van der Waals surface area contributed by atoms with Crippen molar-refractivity contribution < 1.29 is 8.42 Å². The van der Waals surface area contributed by atoms with E-state index in [4.69, 9.17) is 0 Å². The molecular formula is C10H18N4O2S. The predicted molar refractivity (Wildman–Crippen MR) is 69.0 cm³/mol. The van der Waals surface area contributed by atoms with Gasteiger partial charge >= 0.3 is 0 Å². The third kappa shape index (κ3) is 5.48. The summed E-state index contributed by atoms with van der Waals surface area (Å²) in [6, 6.07) is -0.198. The van der Waals surface area contributed by atoms with Gasteiger partial charge in [-0.3, -0.25) is 4.98 Å². The number of anilines is 2. The van der Waals surface area contributed by atoms with Crippen LogP contribution < -0.4 is 10.6 Å². The van der Waals surface area contributed by atoms with Crippen LogP contribution in [0.25, 0.3) is 0 Å². The van der Waals surface area contributed by atoms with Gasteiger partial charge in [-0.2, -0.15) is 0 Å². The maximum atomic E-state index is 11.1. The highest BCUT2D eigenvalue weighted by Gasteiger charge is 2.10. The van der Waals surface area contributed by atoms with Crippen molar-refractivity contribution in [2.75, 3.05) is 29.2 Å². The summed E-state index contributed by atoms with van der Waals surface area (Å²) in [6.07, 6.45) is 4.40. The van der Waals surface area contributed by atoms with Crippen LogP contribution in [0.2, 0.25) is 0 Å². The fraction of sp³-hybridized carbons (Fsp3) is 0.600. The van der Waals surface area contributed by atoms with Crippen molar-refractivity contribution in [1.29, 1.82) is 0 Å². The van der Waals surface area contributed by atoms with Gasteiger partial charge in [-0.15, -0.1) is 0 Å². The van der Waals surface area contributed by atoms with Crippen molar-refractivity contribution in [2.24, 2.45) is 0 Å². The summed E-state index contributed by atoms with van der Waals surface area (Å²) in [4.78, 5) is 8.27. The molecule has 7 heteroatoms. The van der Waals surface area contributed by atoms with Gasteiger partial charge in [-0.05, 0) is 13.8 Å². The fourth-order valence-corrected chi connectivity index (χ4v) is 2.44. The Morgan fingerprint density at radius 2 is 2.00 bits per heavy atom. The highest BCUT2D eigenvalue weighted by Crippen LogP contribution is 2.08. The lowest BCUT2D eigenvalue weighted by molar-refractivity contribution is 0.598. The number of hydrogen-bond acceptors (Lipinski definition) is 6. The second kappa shape index (κ2) is 5.81. The molecule has 0 saturated carbocycles. The minimum atomic E-state index is -2.99. The Bertz CT molecular complexity index is 461. The zero-order chi connectivity index (χ0) is 12.9. The van der Waals surface area contributed by atoms with Gasteiger partial charge < -0.3 is 10.6 Å². The van der Waals surface area contributed by atoms with E-state index in [1.807, 2.05) is 6.92 Å². The van der Waals surface area contributed by atoms with E-state index in [1.54, 1.807) is 19.3 Å². The summed E-state index contributed by atoms with van der Waals surface area (Å²) in [5.74, 6) is 1.31. The molecule has 0 radical (unpaired) electrons. The van der Waals surface area contributed by atoms with Crippen LogP contribution >= 0.6 is 0 Å². The third-order valence-corrected chi connectivity index (χ3v) is 3.04. The molecule has 0 saturated heterocycles. The molecule has 1 aromatic rings. The molecule has 0 aliphatic rings. The van der Waals surface area contributed by atoms with Crippen LogP contribution in [0.4, 0.5) is 11.6 Å². The second-order valence-corrected chi connectivity index (χ2v) is 6.14. The molecule has 1 unspecified atom stereocenters. The largest absolute Gasteiger partial charge is 0.369 e. The number of hydrogen-bond donors (Lipinski definition) is 2. The van der Waals surface area contributed by atoms with Crippen molar-refractivity contribution >= 4 is 21.5 Å². The Morgan fingerprint density at radius 3 is 2.59 bits per heavy atom. The molecule has 96 valence electrons. The summed E-state index contributed by atoms with van der Waals surface area (Å²) < 4.78 is 22.2. The number of nitrogens with one attached hydrogen (secondary N) is 2. The van der Waals surface area contributed by atoms with E-state index >= 15 is 0 Å². The Kier molecular flexibility index (Phi) is 4.68. The Morgan fingerprint density at radius 1 is 1.35 bits per heavy atom. The minimum absolute atomic E-state index is 0.0696. The molecule has 0 aromatic carbocycles. The molecule has 1 rings (SSSR count). The van der Waals surface area contributed by atoms with Gasteiger partial charge in [-0.25, -0.2) is 13.4 Å². The van der Waals surface area contributed by atoms with Crippen LogP contribution in [0.1, 0.15) is 13.8 Å². The van der Waals surface area contributed by atoms with Gasteiger partial charge in [-0.1, -0.05) is 0 Å². The maximum Gasteiger partial charge on any atom is 0.149 e. The van der Waals surface area contributed by atoms with Crippen LogP contribution in [0, 0.1) is 0 Å². The zero-order valence-electron chi connectivity index (χ0n) is 10.3. The quantitative estimate of drug-likeness (QED) is 0.783. The molecule has 0 fully saturated rings. The lowest BCUT2D eigenvalue weighted by Crippen LogP contribution is -2.25. The fourth-order valence-electron chi connectivity index (χ4n) is 1.45. The molecule has 1 atom stereocenters. The van der Waals surface area contributed by atoms with Crippen LogP contribution in [-0.4, -0.2) is 43.0 Å². The molecule has 0 aliphatic heterocycles. The van der Waals surface area contributed by atoms with Crippen LogP contribution in [-0.2, 0) is 9.84 Å². The van der Waals surface area contributed by atoms with E-state index < -0.39 is 9.84 Å². The normalized spacial score (nSPS) is 13.1. The first kappa shape index (κ1) is 13.7. The number of sulfone groups is 1. The van der Waals surface area contributed by atoms with Gasteiger partial charge in [0, 0.05) is 18.8 Å². The van der Waals surface area contributed by atoms with Crippen molar-refractivity contribution in [1.82, 2.24) is 9.97 Å². The maximum absolute atomic E-state index is 11.1. The predicted octanol–water partition coefficient (Wildman–Crippen LogP) is 0.753. The standard InChI is InChI=1S/C10H18N4O2S/c1-4-12-9-5-11-6-10(14-9)13-8(2)7-17(3,15)16/h5-6,8H,4,7H2,1-3H3,(H2,12,13,14). The average Bonchev–Trinajstić information content (AvgIpc) is 2.15. The van der Waals surface area contributed by atoms with E-state index in [-0.39, 0.29) is 11.8 Å². The number of rotatable bonds is 6. The summed E-state index contributed by atoms with van der Waals surface area (Å²) in [7, 11) is -2.99. The smallest absolute Gasteiger partial charge is 0.149 e. The van der Waals surface area contributed by atoms with E-state index in [9.17, 15) is 8.42 Å². The molecule has 0 bridgehead atoms. The first-order chi connectivity index (χ1) is 7.90. The summed E-state index contributed by atoms with van der Waals surface area (Å²) in [5, 5.41) is 6.04. The first-order valence-electron chi connectivity index (χ1n) is 5.41. The van der Waals surface area contributed by atoms with Crippen LogP contribution in [0.5, 0.6) is 0 Å².